The van der Waals surface area contributed by atoms with Crippen molar-refractivity contribution in [1.29, 1.82) is 0 Å². The molecule has 3 aliphatic rings. The lowest BCUT2D eigenvalue weighted by Gasteiger charge is -2.49. The van der Waals surface area contributed by atoms with Crippen molar-refractivity contribution in [2.75, 3.05) is 31.8 Å². The summed E-state index contributed by atoms with van der Waals surface area (Å²) in [5.74, 6) is -3.06. The largest absolute Gasteiger partial charge is 0.477 e. The summed E-state index contributed by atoms with van der Waals surface area (Å²) >= 11 is 8.71. The number of β-lactam (4-membered cyclic amide) rings is 1. The number of halogens is 2. The molecule has 0 aliphatic carbocycles. The van der Waals surface area contributed by atoms with E-state index in [1.807, 2.05) is 0 Å². The standard InChI is InChI=1S/C31H31ClFN11O7S2/c1-49-38-22(26-37-31(35)53-40-26)27(45)36-23-28(46)44-24(30(47)48)16(14-52-29(23)44)12-42-5-2-21-41(6-7-43(21)42)13-18-19(32)10-15(11-20(18)33)25(34)39-51-17-3-8-50-9-4-17/h2,5-7,10-11,17,23,29H,3-4,8-9,12-14H2,1H3,(H5-,34,35,36,37,39,40,45,47,48)/p+1/b38-22-/t23-,29-/m1/s1. The molecule has 53 heavy (non-hydrogen) atoms. The maximum atomic E-state index is 15.4. The van der Waals surface area contributed by atoms with Crippen molar-refractivity contribution in [3.05, 3.63) is 75.9 Å². The van der Waals surface area contributed by atoms with Gasteiger partial charge in [-0.3, -0.25) is 14.5 Å². The number of aliphatic carboxylic acids is 1. The molecular formula is C31H32ClFN11O7S2+. The molecule has 0 unspecified atom stereocenters. The van der Waals surface area contributed by atoms with E-state index in [2.05, 4.69) is 25.0 Å². The maximum absolute atomic E-state index is 15.4. The number of nitrogen functional groups attached to an aromatic ring is 1. The summed E-state index contributed by atoms with van der Waals surface area (Å²) in [5.41, 5.74) is 12.9. The number of hydrogen-bond donors (Lipinski definition) is 4. The van der Waals surface area contributed by atoms with Gasteiger partial charge in [-0.05, 0) is 17.7 Å². The van der Waals surface area contributed by atoms with Gasteiger partial charge in [0, 0.05) is 41.3 Å². The zero-order chi connectivity index (χ0) is 37.4. The summed E-state index contributed by atoms with van der Waals surface area (Å²) in [6.45, 7) is 1.36. The van der Waals surface area contributed by atoms with E-state index in [0.29, 0.717) is 37.3 Å². The quantitative estimate of drug-likeness (QED) is 0.0516. The number of rotatable bonds is 12. The van der Waals surface area contributed by atoms with Crippen molar-refractivity contribution in [1.82, 2.24) is 28.8 Å². The third-order valence-electron chi connectivity index (χ3n) is 8.76. The van der Waals surface area contributed by atoms with Crippen LogP contribution in [0.3, 0.4) is 0 Å². The lowest BCUT2D eigenvalue weighted by molar-refractivity contribution is -0.662. The highest BCUT2D eigenvalue weighted by Crippen LogP contribution is 2.41. The predicted octanol–water partition coefficient (Wildman–Crippen LogP) is 0.908. The van der Waals surface area contributed by atoms with Gasteiger partial charge in [-0.15, -0.1) is 16.3 Å². The van der Waals surface area contributed by atoms with Gasteiger partial charge in [0.2, 0.25) is 11.5 Å². The van der Waals surface area contributed by atoms with Crippen LogP contribution in [0, 0.1) is 5.82 Å². The number of fused-ring (bicyclic) bond motifs is 2. The average molecular weight is 789 g/mol. The molecule has 3 aliphatic heterocycles. The average Bonchev–Trinajstić information content (AvgIpc) is 3.87. The van der Waals surface area contributed by atoms with E-state index in [0.717, 1.165) is 11.5 Å². The molecule has 3 aromatic heterocycles. The molecular weight excluding hydrogens is 757 g/mol. The van der Waals surface area contributed by atoms with Crippen LogP contribution in [0.15, 0.2) is 58.4 Å². The highest BCUT2D eigenvalue weighted by Gasteiger charge is 2.54. The van der Waals surface area contributed by atoms with Crippen molar-refractivity contribution in [2.24, 2.45) is 16.0 Å². The van der Waals surface area contributed by atoms with Gasteiger partial charge in [-0.2, -0.15) is 9.36 Å². The number of hydrogen-bond acceptors (Lipinski definition) is 13. The molecule has 0 saturated carbocycles. The van der Waals surface area contributed by atoms with Crippen molar-refractivity contribution < 1.29 is 42.9 Å². The van der Waals surface area contributed by atoms with Gasteiger partial charge < -0.3 is 36.3 Å². The summed E-state index contributed by atoms with van der Waals surface area (Å²) in [6, 6.07) is 3.56. The number of carboxylic acid groups (broad SMARTS) is 1. The summed E-state index contributed by atoms with van der Waals surface area (Å²) in [4.78, 5) is 54.3. The number of anilines is 1. The lowest BCUT2D eigenvalue weighted by Crippen LogP contribution is -2.71. The van der Waals surface area contributed by atoms with Gasteiger partial charge in [0.25, 0.3) is 11.8 Å². The number of aromatic nitrogens is 5. The van der Waals surface area contributed by atoms with Crippen LogP contribution in [-0.4, -0.2) is 101 Å². The van der Waals surface area contributed by atoms with Gasteiger partial charge in [0.1, 0.15) is 48.9 Å². The van der Waals surface area contributed by atoms with E-state index in [4.69, 9.17) is 37.5 Å². The van der Waals surface area contributed by atoms with Crippen LogP contribution in [0.2, 0.25) is 5.02 Å². The number of thioether (sulfide) groups is 1. The van der Waals surface area contributed by atoms with E-state index in [1.165, 1.54) is 35.9 Å². The van der Waals surface area contributed by atoms with Crippen LogP contribution < -0.4 is 21.4 Å². The Hall–Kier alpha value is -5.25. The highest BCUT2D eigenvalue weighted by molar-refractivity contribution is 8.00. The Bertz CT molecular complexity index is 2170. The molecule has 7 rings (SSSR count). The first kappa shape index (κ1) is 36.1. The molecule has 1 aromatic carbocycles. The number of carbonyl (C=O) groups is 3. The van der Waals surface area contributed by atoms with Gasteiger partial charge in [0.15, 0.2) is 17.2 Å². The SMILES string of the molecule is CO/N=C(\C(=O)N[C@@H]1C(=O)N2C(C(=O)O)=C(Cn3ccc4n3cc[n+]4Cc3c(F)cc(/C(N)=N/OC4CCOCC4)cc3Cl)CS[C@H]12)c1nsc(N)n1. The Balaban J connectivity index is 1.05. The number of benzene rings is 1. The van der Waals surface area contributed by atoms with E-state index in [1.54, 1.807) is 38.4 Å². The van der Waals surface area contributed by atoms with E-state index in [-0.39, 0.29) is 69.3 Å². The summed E-state index contributed by atoms with van der Waals surface area (Å²) < 4.78 is 30.0. The molecule has 278 valence electrons. The normalized spacial score (nSPS) is 19.7. The molecule has 0 bridgehead atoms. The fourth-order valence-electron chi connectivity index (χ4n) is 6.16. The van der Waals surface area contributed by atoms with Crippen molar-refractivity contribution in [3.8, 4) is 0 Å². The first-order valence-corrected chi connectivity index (χ1v) is 18.3. The number of oxime groups is 2. The second kappa shape index (κ2) is 15.0. The number of imidazole rings is 1. The van der Waals surface area contributed by atoms with Crippen molar-refractivity contribution in [2.45, 2.75) is 43.5 Å². The molecule has 0 radical (unpaired) electrons. The molecule has 6 N–H and O–H groups in total. The van der Waals surface area contributed by atoms with Crippen LogP contribution in [0.1, 0.15) is 29.8 Å². The minimum atomic E-state index is -1.28. The van der Waals surface area contributed by atoms with Gasteiger partial charge in [-0.1, -0.05) is 21.9 Å². The van der Waals surface area contributed by atoms with Crippen LogP contribution in [0.25, 0.3) is 5.65 Å². The third kappa shape index (κ3) is 7.11. The molecule has 2 amide bonds. The summed E-state index contributed by atoms with van der Waals surface area (Å²) in [7, 11) is 1.24. The monoisotopic (exact) mass is 788 g/mol. The predicted molar refractivity (Wildman–Crippen MR) is 189 cm³/mol. The third-order valence-corrected chi connectivity index (χ3v) is 11.0. The lowest BCUT2D eigenvalue weighted by atomic mass is 10.0. The number of nitrogens with zero attached hydrogens (tertiary/aromatic N) is 8. The molecule has 18 nitrogen and oxygen atoms in total. The van der Waals surface area contributed by atoms with Crippen LogP contribution in [-0.2, 0) is 41.9 Å². The first-order valence-electron chi connectivity index (χ1n) is 16.1. The topological polar surface area (TPSA) is 230 Å². The van der Waals surface area contributed by atoms with E-state index >= 15 is 4.39 Å². The smallest absolute Gasteiger partial charge is 0.352 e. The molecule has 0 spiro atoms. The van der Waals surface area contributed by atoms with Crippen LogP contribution in [0.4, 0.5) is 9.52 Å². The minimum Gasteiger partial charge on any atom is -0.477 e. The number of nitrogens with one attached hydrogen (secondary N) is 1. The second-order valence-electron chi connectivity index (χ2n) is 12.1. The van der Waals surface area contributed by atoms with Crippen LogP contribution in [0.5, 0.6) is 0 Å². The Kier molecular flexibility index (Phi) is 10.2. The van der Waals surface area contributed by atoms with E-state index < -0.39 is 35.0 Å². The van der Waals surface area contributed by atoms with Crippen molar-refractivity contribution >= 4 is 75.0 Å². The van der Waals surface area contributed by atoms with Gasteiger partial charge in [-0.25, -0.2) is 18.4 Å². The Morgan fingerprint density at radius 1 is 1.26 bits per heavy atom. The number of ether oxygens (including phenoxy) is 1. The van der Waals surface area contributed by atoms with Crippen LogP contribution >= 0.6 is 34.9 Å². The molecule has 4 aromatic rings. The molecule has 2 atom stereocenters. The minimum absolute atomic E-state index is 0.00289. The Morgan fingerprint density at radius 3 is 2.75 bits per heavy atom. The number of nitrogens with two attached hydrogens (primary N) is 2. The van der Waals surface area contributed by atoms with E-state index in [9.17, 15) is 19.5 Å². The fraction of sp³-hybridized carbons (Fsp3) is 0.355. The zero-order valence-electron chi connectivity index (χ0n) is 27.8. The highest BCUT2D eigenvalue weighted by atomic mass is 35.5. The number of amidine groups is 1. The Labute approximate surface area is 312 Å². The summed E-state index contributed by atoms with van der Waals surface area (Å²) in [5, 5.41) is 20.1. The van der Waals surface area contributed by atoms with Crippen molar-refractivity contribution in [3.63, 3.8) is 0 Å². The second-order valence-corrected chi connectivity index (χ2v) is 14.3. The molecule has 6 heterocycles. The summed E-state index contributed by atoms with van der Waals surface area (Å²) in [6.07, 6.45) is 6.49. The fourth-order valence-corrected chi connectivity index (χ4v) is 8.20. The molecule has 22 heteroatoms. The van der Waals surface area contributed by atoms with Gasteiger partial charge in [0.05, 0.1) is 37.0 Å². The number of amides is 2. The number of carbonyl (C=O) groups excluding carboxylic acids is 2. The molecule has 2 fully saturated rings. The maximum Gasteiger partial charge on any atom is 0.352 e. The van der Waals surface area contributed by atoms with Gasteiger partial charge >= 0.3 is 11.6 Å². The number of carboxylic acids is 1. The zero-order valence-corrected chi connectivity index (χ0v) is 30.2. The first-order chi connectivity index (χ1) is 25.5. The molecule has 2 saturated heterocycles. The Morgan fingerprint density at radius 2 is 2.06 bits per heavy atom.